The van der Waals surface area contributed by atoms with E-state index >= 15 is 0 Å². The fourth-order valence-corrected chi connectivity index (χ4v) is 5.19. The van der Waals surface area contributed by atoms with E-state index in [2.05, 4.69) is 29.7 Å². The first-order valence-corrected chi connectivity index (χ1v) is 14.2. The van der Waals surface area contributed by atoms with Crippen molar-refractivity contribution in [3.63, 3.8) is 0 Å². The summed E-state index contributed by atoms with van der Waals surface area (Å²) in [7, 11) is 1.41. The van der Waals surface area contributed by atoms with Gasteiger partial charge in [-0.2, -0.15) is 0 Å². The molecule has 7 heteroatoms. The summed E-state index contributed by atoms with van der Waals surface area (Å²) in [4.78, 5) is 25.9. The maximum atomic E-state index is 13.7. The number of ether oxygens (including phenoxy) is 3. The molecule has 39 heavy (non-hydrogen) atoms. The van der Waals surface area contributed by atoms with Gasteiger partial charge in [0.1, 0.15) is 22.9 Å². The van der Waals surface area contributed by atoms with Gasteiger partial charge in [0.15, 0.2) is 0 Å². The first kappa shape index (κ1) is 30.6. The average Bonchev–Trinajstić information content (AvgIpc) is 2.92. The van der Waals surface area contributed by atoms with Crippen molar-refractivity contribution in [2.24, 2.45) is 5.41 Å². The predicted octanol–water partition coefficient (Wildman–Crippen LogP) is 5.21. The quantitative estimate of drug-likeness (QED) is 0.339. The van der Waals surface area contributed by atoms with Gasteiger partial charge >= 0.3 is 11.9 Å². The van der Waals surface area contributed by atoms with Gasteiger partial charge in [0.05, 0.1) is 13.5 Å². The van der Waals surface area contributed by atoms with E-state index < -0.39 is 11.0 Å². The molecule has 0 amide bonds. The van der Waals surface area contributed by atoms with Crippen LogP contribution in [0.4, 0.5) is 0 Å². The van der Waals surface area contributed by atoms with Crippen molar-refractivity contribution < 1.29 is 23.8 Å². The highest BCUT2D eigenvalue weighted by molar-refractivity contribution is 5.78. The van der Waals surface area contributed by atoms with Gasteiger partial charge in [-0.1, -0.05) is 61.9 Å². The summed E-state index contributed by atoms with van der Waals surface area (Å²) >= 11 is 0. The highest BCUT2D eigenvalue weighted by Crippen LogP contribution is 2.40. The number of methoxy groups -OCH3 is 1. The summed E-state index contributed by atoms with van der Waals surface area (Å²) < 4.78 is 17.7. The molecule has 1 saturated heterocycles. The lowest BCUT2D eigenvalue weighted by Gasteiger charge is -2.43. The highest BCUT2D eigenvalue weighted by atomic mass is 16.6. The largest absolute Gasteiger partial charge is 0.489 e. The second-order valence-electron chi connectivity index (χ2n) is 11.5. The van der Waals surface area contributed by atoms with Crippen LogP contribution in [0, 0.1) is 5.41 Å². The SMILES string of the molecule is CCCC(Oc1ccccc1CC(CC(=O)OC)NCc1ccccc1)C1(C(=O)OC(C)(C)C)CCNCC1. The zero-order chi connectivity index (χ0) is 28.3. The molecule has 1 aliphatic rings. The molecule has 0 saturated carbocycles. The molecule has 0 spiro atoms. The Balaban J connectivity index is 1.86. The molecule has 1 fully saturated rings. The minimum Gasteiger partial charge on any atom is -0.489 e. The van der Waals surface area contributed by atoms with Crippen LogP contribution >= 0.6 is 0 Å². The number of carbonyl (C=O) groups excluding carboxylic acids is 2. The van der Waals surface area contributed by atoms with E-state index in [0.29, 0.717) is 25.8 Å². The molecule has 2 N–H and O–H groups in total. The number of hydrogen-bond acceptors (Lipinski definition) is 7. The second kappa shape index (κ2) is 14.5. The molecule has 2 aromatic rings. The number of esters is 2. The molecule has 214 valence electrons. The van der Waals surface area contributed by atoms with Crippen LogP contribution in [-0.2, 0) is 32.0 Å². The van der Waals surface area contributed by atoms with Crippen LogP contribution < -0.4 is 15.4 Å². The fraction of sp³-hybridized carbons (Fsp3) is 0.562. The first-order valence-electron chi connectivity index (χ1n) is 14.2. The maximum Gasteiger partial charge on any atom is 0.316 e. The molecule has 2 unspecified atom stereocenters. The number of piperidine rings is 1. The van der Waals surface area contributed by atoms with Crippen molar-refractivity contribution in [1.29, 1.82) is 0 Å². The molecule has 0 radical (unpaired) electrons. The van der Waals surface area contributed by atoms with Gasteiger partial charge in [-0.15, -0.1) is 0 Å². The van der Waals surface area contributed by atoms with Crippen LogP contribution in [0.2, 0.25) is 0 Å². The lowest BCUT2D eigenvalue weighted by molar-refractivity contribution is -0.177. The summed E-state index contributed by atoms with van der Waals surface area (Å²) in [6.45, 7) is 9.98. The van der Waals surface area contributed by atoms with Crippen LogP contribution in [0.25, 0.3) is 0 Å². The second-order valence-corrected chi connectivity index (χ2v) is 11.5. The third-order valence-electron chi connectivity index (χ3n) is 7.25. The summed E-state index contributed by atoms with van der Waals surface area (Å²) in [6.07, 6.45) is 3.45. The lowest BCUT2D eigenvalue weighted by Crippen LogP contribution is -2.53. The third-order valence-corrected chi connectivity index (χ3v) is 7.25. The molecule has 3 rings (SSSR count). The Morgan fingerprint density at radius 3 is 2.33 bits per heavy atom. The minimum absolute atomic E-state index is 0.147. The van der Waals surface area contributed by atoms with E-state index in [9.17, 15) is 9.59 Å². The minimum atomic E-state index is -0.724. The van der Waals surface area contributed by atoms with Gasteiger partial charge < -0.3 is 24.8 Å². The molecule has 1 heterocycles. The van der Waals surface area contributed by atoms with Gasteiger partial charge in [0.25, 0.3) is 0 Å². The molecule has 0 bridgehead atoms. The number of para-hydroxylation sites is 1. The molecule has 0 aliphatic carbocycles. The van der Waals surface area contributed by atoms with Crippen molar-refractivity contribution in [1.82, 2.24) is 10.6 Å². The van der Waals surface area contributed by atoms with Gasteiger partial charge in [0, 0.05) is 12.6 Å². The Bertz CT molecular complexity index is 1040. The van der Waals surface area contributed by atoms with Crippen LogP contribution in [0.3, 0.4) is 0 Å². The topological polar surface area (TPSA) is 85.9 Å². The monoisotopic (exact) mass is 538 g/mol. The lowest BCUT2D eigenvalue weighted by atomic mass is 9.72. The van der Waals surface area contributed by atoms with Crippen molar-refractivity contribution in [2.75, 3.05) is 20.2 Å². The first-order chi connectivity index (χ1) is 18.7. The number of benzene rings is 2. The average molecular weight is 539 g/mol. The number of rotatable bonds is 13. The van der Waals surface area contributed by atoms with Crippen LogP contribution in [0.15, 0.2) is 54.6 Å². The summed E-state index contributed by atoms with van der Waals surface area (Å²) in [5.41, 5.74) is 0.833. The molecule has 0 aromatic heterocycles. The van der Waals surface area contributed by atoms with E-state index in [4.69, 9.17) is 14.2 Å². The molecule has 2 atom stereocenters. The molecule has 7 nitrogen and oxygen atoms in total. The Labute approximate surface area is 234 Å². The van der Waals surface area contributed by atoms with Gasteiger partial charge in [-0.05, 0) is 76.7 Å². The van der Waals surface area contributed by atoms with Crippen LogP contribution in [0.5, 0.6) is 5.75 Å². The number of carbonyl (C=O) groups is 2. The molecular formula is C32H46N2O5. The van der Waals surface area contributed by atoms with E-state index in [1.807, 2.05) is 63.2 Å². The van der Waals surface area contributed by atoms with E-state index in [1.165, 1.54) is 7.11 Å². The van der Waals surface area contributed by atoms with Crippen LogP contribution in [-0.4, -0.2) is 49.9 Å². The van der Waals surface area contributed by atoms with Crippen molar-refractivity contribution >= 4 is 11.9 Å². The van der Waals surface area contributed by atoms with E-state index in [-0.39, 0.29) is 30.5 Å². The highest BCUT2D eigenvalue weighted by Gasteiger charge is 2.50. The number of nitrogens with one attached hydrogen (secondary N) is 2. The zero-order valence-corrected chi connectivity index (χ0v) is 24.3. The summed E-state index contributed by atoms with van der Waals surface area (Å²) in [5, 5.41) is 6.92. The smallest absolute Gasteiger partial charge is 0.316 e. The molecule has 1 aliphatic heterocycles. The molecular weight excluding hydrogens is 492 g/mol. The third kappa shape index (κ3) is 9.07. The zero-order valence-electron chi connectivity index (χ0n) is 24.3. The van der Waals surface area contributed by atoms with Gasteiger partial charge in [-0.25, -0.2) is 0 Å². The van der Waals surface area contributed by atoms with E-state index in [1.54, 1.807) is 0 Å². The van der Waals surface area contributed by atoms with Crippen molar-refractivity contribution in [3.05, 3.63) is 65.7 Å². The van der Waals surface area contributed by atoms with E-state index in [0.717, 1.165) is 42.8 Å². The normalized spacial score (nSPS) is 16.6. The van der Waals surface area contributed by atoms with Crippen molar-refractivity contribution in [3.8, 4) is 5.75 Å². The molecule has 2 aromatic carbocycles. The maximum absolute atomic E-state index is 13.7. The standard InChI is InChI=1S/C32H46N2O5/c1-6-12-28(32(17-19-33-20-18-32)30(36)39-31(2,3)4)38-27-16-11-10-15-25(27)21-26(22-29(35)37-5)34-23-24-13-8-7-9-14-24/h7-11,13-16,26,28,33-34H,6,12,17-23H2,1-5H3. The fourth-order valence-electron chi connectivity index (χ4n) is 5.19. The predicted molar refractivity (Wildman–Crippen MR) is 154 cm³/mol. The van der Waals surface area contributed by atoms with Gasteiger partial charge in [-0.3, -0.25) is 9.59 Å². The Hall–Kier alpha value is -2.90. The summed E-state index contributed by atoms with van der Waals surface area (Å²) in [5.74, 6) is 0.302. The van der Waals surface area contributed by atoms with Gasteiger partial charge in [0.2, 0.25) is 0 Å². The van der Waals surface area contributed by atoms with Crippen LogP contribution in [0.1, 0.15) is 70.9 Å². The summed E-state index contributed by atoms with van der Waals surface area (Å²) in [6, 6.07) is 17.9. The van der Waals surface area contributed by atoms with Crippen molar-refractivity contribution in [2.45, 2.75) is 90.5 Å². The Morgan fingerprint density at radius 2 is 1.69 bits per heavy atom. The number of hydrogen-bond donors (Lipinski definition) is 2. The Kier molecular flexibility index (Phi) is 11.4. The Morgan fingerprint density at radius 1 is 1.03 bits per heavy atom.